The van der Waals surface area contributed by atoms with Crippen molar-refractivity contribution in [1.29, 1.82) is 0 Å². The van der Waals surface area contributed by atoms with Crippen molar-refractivity contribution in [3.63, 3.8) is 0 Å². The summed E-state index contributed by atoms with van der Waals surface area (Å²) < 4.78 is 11.4. The van der Waals surface area contributed by atoms with Crippen LogP contribution < -0.4 is 15.2 Å². The van der Waals surface area contributed by atoms with Gasteiger partial charge < -0.3 is 15.2 Å². The van der Waals surface area contributed by atoms with Crippen molar-refractivity contribution in [2.45, 2.75) is 13.5 Å². The van der Waals surface area contributed by atoms with Gasteiger partial charge in [-0.1, -0.05) is 36.0 Å². The maximum absolute atomic E-state index is 5.95. The molecule has 0 saturated carbocycles. The van der Waals surface area contributed by atoms with Crippen molar-refractivity contribution in [2.24, 2.45) is 5.73 Å². The molecule has 5 heteroatoms. The van der Waals surface area contributed by atoms with E-state index >= 15 is 0 Å². The average molecular weight is 322 g/mol. The Bertz CT molecular complexity index is 646. The number of thiocarbonyl (C=S) groups is 1. The van der Waals surface area contributed by atoms with E-state index in [1.807, 2.05) is 43.3 Å². The van der Waals surface area contributed by atoms with Gasteiger partial charge in [0.1, 0.15) is 11.6 Å². The molecule has 0 aromatic heterocycles. The summed E-state index contributed by atoms with van der Waals surface area (Å²) in [6.45, 7) is 2.86. The third-order valence-electron chi connectivity index (χ3n) is 2.81. The first-order valence-electron chi connectivity index (χ1n) is 6.54. The minimum absolute atomic E-state index is 0.331. The summed E-state index contributed by atoms with van der Waals surface area (Å²) in [4.78, 5) is 0.331. The van der Waals surface area contributed by atoms with Crippen molar-refractivity contribution in [3.05, 3.63) is 58.6 Å². The molecule has 110 valence electrons. The predicted octanol–water partition coefficient (Wildman–Crippen LogP) is 3.95. The minimum atomic E-state index is 0.331. The molecule has 0 atom stereocenters. The molecule has 0 heterocycles. The van der Waals surface area contributed by atoms with Crippen molar-refractivity contribution < 1.29 is 9.47 Å². The first-order chi connectivity index (χ1) is 10.1. The summed E-state index contributed by atoms with van der Waals surface area (Å²) in [6.07, 6.45) is 0. The van der Waals surface area contributed by atoms with Crippen LogP contribution in [0.3, 0.4) is 0 Å². The molecular weight excluding hydrogens is 306 g/mol. The third kappa shape index (κ3) is 4.34. The van der Waals surface area contributed by atoms with E-state index in [9.17, 15) is 0 Å². The zero-order valence-electron chi connectivity index (χ0n) is 11.6. The summed E-state index contributed by atoms with van der Waals surface area (Å²) in [5, 5.41) is 0.685. The Hall–Kier alpha value is -1.78. The normalized spacial score (nSPS) is 10.2. The molecule has 0 spiro atoms. The van der Waals surface area contributed by atoms with Gasteiger partial charge in [-0.25, -0.2) is 0 Å². The molecule has 0 radical (unpaired) electrons. The molecule has 2 aromatic carbocycles. The van der Waals surface area contributed by atoms with Gasteiger partial charge in [-0.2, -0.15) is 0 Å². The monoisotopic (exact) mass is 321 g/mol. The van der Waals surface area contributed by atoms with E-state index in [0.717, 1.165) is 11.1 Å². The van der Waals surface area contributed by atoms with Gasteiger partial charge in [-0.3, -0.25) is 0 Å². The Morgan fingerprint density at radius 2 is 1.95 bits per heavy atom. The highest BCUT2D eigenvalue weighted by atomic mass is 35.5. The quantitative estimate of drug-likeness (QED) is 0.818. The second-order valence-electron chi connectivity index (χ2n) is 4.38. The molecule has 0 fully saturated rings. The van der Waals surface area contributed by atoms with Crippen LogP contribution in [0.5, 0.6) is 11.5 Å². The van der Waals surface area contributed by atoms with Crippen LogP contribution in [-0.2, 0) is 6.61 Å². The first kappa shape index (κ1) is 15.6. The smallest absolute Gasteiger partial charge is 0.161 e. The van der Waals surface area contributed by atoms with Gasteiger partial charge in [0.15, 0.2) is 11.5 Å². The Labute approximate surface area is 134 Å². The standard InChI is InChI=1S/C16H16ClNO2S/c1-2-19-15-9-12(16(18)21)6-7-14(15)20-10-11-4-3-5-13(17)8-11/h3-9H,2,10H2,1H3,(H2,18,21). The summed E-state index contributed by atoms with van der Waals surface area (Å²) in [5.41, 5.74) is 7.37. The second kappa shape index (κ2) is 7.29. The second-order valence-corrected chi connectivity index (χ2v) is 5.25. The van der Waals surface area contributed by atoms with E-state index < -0.39 is 0 Å². The molecule has 2 N–H and O–H groups in total. The summed E-state index contributed by atoms with van der Waals surface area (Å²) in [7, 11) is 0. The van der Waals surface area contributed by atoms with E-state index in [-0.39, 0.29) is 0 Å². The Morgan fingerprint density at radius 1 is 1.14 bits per heavy atom. The number of halogens is 1. The van der Waals surface area contributed by atoms with Gasteiger partial charge in [-0.15, -0.1) is 0 Å². The van der Waals surface area contributed by atoms with E-state index in [4.69, 9.17) is 39.0 Å². The summed E-state index contributed by atoms with van der Waals surface area (Å²) in [5.74, 6) is 1.28. The van der Waals surface area contributed by atoms with Crippen LogP contribution in [0.15, 0.2) is 42.5 Å². The largest absolute Gasteiger partial charge is 0.490 e. The van der Waals surface area contributed by atoms with Crippen LogP contribution in [0.2, 0.25) is 5.02 Å². The Morgan fingerprint density at radius 3 is 2.62 bits per heavy atom. The molecule has 0 aliphatic rings. The number of ether oxygens (including phenoxy) is 2. The first-order valence-corrected chi connectivity index (χ1v) is 7.32. The lowest BCUT2D eigenvalue weighted by molar-refractivity contribution is 0.269. The molecular formula is C16H16ClNO2S. The van der Waals surface area contributed by atoms with E-state index in [0.29, 0.717) is 34.7 Å². The van der Waals surface area contributed by atoms with Crippen LogP contribution in [0, 0.1) is 0 Å². The predicted molar refractivity (Wildman–Crippen MR) is 89.3 cm³/mol. The molecule has 0 aliphatic heterocycles. The third-order valence-corrected chi connectivity index (χ3v) is 3.28. The highest BCUT2D eigenvalue weighted by Crippen LogP contribution is 2.29. The van der Waals surface area contributed by atoms with Crippen LogP contribution >= 0.6 is 23.8 Å². The summed E-state index contributed by atoms with van der Waals surface area (Å²) in [6, 6.07) is 13.0. The van der Waals surface area contributed by atoms with Crippen LogP contribution in [0.4, 0.5) is 0 Å². The molecule has 3 nitrogen and oxygen atoms in total. The van der Waals surface area contributed by atoms with Crippen LogP contribution in [-0.4, -0.2) is 11.6 Å². The van der Waals surface area contributed by atoms with Gasteiger partial charge in [0.2, 0.25) is 0 Å². The molecule has 0 unspecified atom stereocenters. The number of hydrogen-bond donors (Lipinski definition) is 1. The van der Waals surface area contributed by atoms with Crippen LogP contribution in [0.1, 0.15) is 18.1 Å². The Balaban J connectivity index is 2.16. The van der Waals surface area contributed by atoms with Gasteiger partial charge in [0, 0.05) is 10.6 Å². The van der Waals surface area contributed by atoms with E-state index in [1.54, 1.807) is 6.07 Å². The highest BCUT2D eigenvalue weighted by Gasteiger charge is 2.08. The number of hydrogen-bond acceptors (Lipinski definition) is 3. The zero-order valence-corrected chi connectivity index (χ0v) is 13.2. The lowest BCUT2D eigenvalue weighted by Gasteiger charge is -2.13. The molecule has 0 amide bonds. The summed E-state index contributed by atoms with van der Waals surface area (Å²) >= 11 is 10.9. The number of rotatable bonds is 6. The number of benzene rings is 2. The molecule has 21 heavy (non-hydrogen) atoms. The van der Waals surface area contributed by atoms with Crippen molar-refractivity contribution in [1.82, 2.24) is 0 Å². The van der Waals surface area contributed by atoms with E-state index in [1.165, 1.54) is 0 Å². The molecule has 0 aliphatic carbocycles. The fraction of sp³-hybridized carbons (Fsp3) is 0.188. The average Bonchev–Trinajstić information content (AvgIpc) is 2.46. The maximum Gasteiger partial charge on any atom is 0.161 e. The van der Waals surface area contributed by atoms with E-state index in [2.05, 4.69) is 0 Å². The topological polar surface area (TPSA) is 44.5 Å². The molecule has 0 bridgehead atoms. The van der Waals surface area contributed by atoms with Crippen LogP contribution in [0.25, 0.3) is 0 Å². The lowest BCUT2D eigenvalue weighted by atomic mass is 10.2. The zero-order chi connectivity index (χ0) is 15.2. The fourth-order valence-electron chi connectivity index (χ4n) is 1.84. The fourth-order valence-corrected chi connectivity index (χ4v) is 2.18. The SMILES string of the molecule is CCOc1cc(C(N)=S)ccc1OCc1cccc(Cl)c1. The van der Waals surface area contributed by atoms with Gasteiger partial charge in [0.05, 0.1) is 6.61 Å². The Kier molecular flexibility index (Phi) is 5.42. The lowest BCUT2D eigenvalue weighted by Crippen LogP contribution is -2.10. The molecule has 0 saturated heterocycles. The van der Waals surface area contributed by atoms with Gasteiger partial charge >= 0.3 is 0 Å². The molecule has 2 rings (SSSR count). The minimum Gasteiger partial charge on any atom is -0.490 e. The molecule has 2 aromatic rings. The highest BCUT2D eigenvalue weighted by molar-refractivity contribution is 7.80. The van der Waals surface area contributed by atoms with Crippen molar-refractivity contribution >= 4 is 28.8 Å². The van der Waals surface area contributed by atoms with Crippen molar-refractivity contribution in [3.8, 4) is 11.5 Å². The van der Waals surface area contributed by atoms with Gasteiger partial charge in [-0.05, 0) is 42.8 Å². The number of nitrogens with two attached hydrogens (primary N) is 1. The maximum atomic E-state index is 5.95. The van der Waals surface area contributed by atoms with Gasteiger partial charge in [0.25, 0.3) is 0 Å². The van der Waals surface area contributed by atoms with Crippen molar-refractivity contribution in [2.75, 3.05) is 6.61 Å².